The molecule has 4 N–H and O–H groups in total. The number of carbonyl (C=O) groups is 1. The van der Waals surface area contributed by atoms with E-state index in [0.29, 0.717) is 10.7 Å². The van der Waals surface area contributed by atoms with E-state index >= 15 is 8.78 Å². The van der Waals surface area contributed by atoms with Crippen LogP contribution in [-0.2, 0) is 23.7 Å². The largest absolute Gasteiger partial charge is 0.480 e. The van der Waals surface area contributed by atoms with Gasteiger partial charge in [0.1, 0.15) is 46.9 Å². The van der Waals surface area contributed by atoms with Crippen LogP contribution in [0.4, 0.5) is 32.0 Å². The first kappa shape index (κ1) is 39.6. The summed E-state index contributed by atoms with van der Waals surface area (Å²) in [6.45, 7) is -0.958. The number of alkyl halides is 4. The summed E-state index contributed by atoms with van der Waals surface area (Å²) in [5.74, 6) is -8.59. The van der Waals surface area contributed by atoms with Gasteiger partial charge in [-0.2, -0.15) is 18.3 Å². The van der Waals surface area contributed by atoms with Crippen molar-refractivity contribution in [2.45, 2.75) is 43.7 Å². The maximum Gasteiger partial charge on any atom is 0.293 e. The van der Waals surface area contributed by atoms with Crippen molar-refractivity contribution in [1.29, 1.82) is 0 Å². The van der Waals surface area contributed by atoms with Crippen LogP contribution in [-0.4, -0.2) is 61.5 Å². The molecule has 3 aromatic heterocycles. The van der Waals surface area contributed by atoms with E-state index in [1.54, 1.807) is 6.26 Å². The third-order valence-corrected chi connectivity index (χ3v) is 10.3. The van der Waals surface area contributed by atoms with Gasteiger partial charge in [-0.05, 0) is 54.1 Å². The Morgan fingerprint density at radius 2 is 1.88 bits per heavy atom. The molecule has 1 saturated carbocycles. The molecule has 1 amide bonds. The SMILES string of the molecule is CNc1c(-n2c(C(Cc3cc(F)cc(F)c3)NC(=O)Cn3nc(C(F)F)c4c3C(F)(F)[C@@H]3C[C@H]43)nc(-c3cnc(OC)cn3)cc2=O)ccc(Cl)c1/C(N)=N/SC. The molecule has 2 aromatic carbocycles. The second-order valence-corrected chi connectivity index (χ2v) is 14.1. The van der Waals surface area contributed by atoms with Crippen LogP contribution in [0.5, 0.6) is 5.88 Å². The van der Waals surface area contributed by atoms with Crippen LogP contribution in [0.2, 0.25) is 5.02 Å². The van der Waals surface area contributed by atoms with E-state index in [1.165, 1.54) is 38.7 Å². The summed E-state index contributed by atoms with van der Waals surface area (Å²) >= 11 is 7.61. The predicted octanol–water partition coefficient (Wildman–Crippen LogP) is 6.10. The number of carbonyl (C=O) groups excluding carboxylic acids is 1. The van der Waals surface area contributed by atoms with Crippen molar-refractivity contribution in [3.63, 3.8) is 0 Å². The number of amidine groups is 1. The van der Waals surface area contributed by atoms with Crippen molar-refractivity contribution in [3.05, 3.63) is 110 Å². The van der Waals surface area contributed by atoms with Crippen LogP contribution in [0.3, 0.4) is 0 Å². The number of nitrogens with one attached hydrogen (secondary N) is 2. The van der Waals surface area contributed by atoms with E-state index < -0.39 is 77.7 Å². The van der Waals surface area contributed by atoms with Crippen LogP contribution in [0.25, 0.3) is 17.1 Å². The van der Waals surface area contributed by atoms with Gasteiger partial charge in [-0.25, -0.2) is 32.5 Å². The molecule has 3 atom stereocenters. The van der Waals surface area contributed by atoms with Gasteiger partial charge in [0.15, 0.2) is 0 Å². The van der Waals surface area contributed by atoms with E-state index in [2.05, 4.69) is 30.1 Å². The Hall–Kier alpha value is -5.63. The Kier molecular flexibility index (Phi) is 10.7. The zero-order valence-corrected chi connectivity index (χ0v) is 31.6. The standard InChI is InChI=1S/C36H31ClF6N10O3S/c1-45-30-24(5-4-20(37)29(30)34(44)51-57-3)53-27(55)11-21(23-12-47-26(56-2)13-46-23)49-35(53)22(8-15-6-16(38)9-17(39)7-15)48-25(54)14-52-32-28(31(50-52)33(40)41)18-10-19(18)36(32,42)43/h4-7,9,11-13,18-19,22,33,45H,8,10,14H2,1-3H3,(H2,44,51)(H,48,54)/t18-,19+,22?/m0/s1. The van der Waals surface area contributed by atoms with E-state index in [9.17, 15) is 27.2 Å². The van der Waals surface area contributed by atoms with Gasteiger partial charge in [0.2, 0.25) is 11.8 Å². The van der Waals surface area contributed by atoms with Crippen LogP contribution in [0, 0.1) is 17.6 Å². The molecule has 0 aliphatic heterocycles. The van der Waals surface area contributed by atoms with E-state index in [-0.39, 0.29) is 68.4 Å². The number of aromatic nitrogens is 6. The minimum absolute atomic E-state index is 0.0117. The molecule has 0 bridgehead atoms. The van der Waals surface area contributed by atoms with Crippen molar-refractivity contribution in [2.24, 2.45) is 16.0 Å². The molecule has 13 nitrogen and oxygen atoms in total. The third kappa shape index (κ3) is 7.38. The summed E-state index contributed by atoms with van der Waals surface area (Å²) in [6.07, 6.45) is 0.595. The van der Waals surface area contributed by atoms with E-state index in [1.807, 2.05) is 0 Å². The molecule has 5 aromatic rings. The zero-order chi connectivity index (χ0) is 40.9. The topological polar surface area (TPSA) is 167 Å². The number of benzene rings is 2. The number of halogens is 7. The summed E-state index contributed by atoms with van der Waals surface area (Å²) in [6, 6.07) is 5.15. The molecule has 298 valence electrons. The first-order valence-electron chi connectivity index (χ1n) is 17.1. The molecule has 0 radical (unpaired) electrons. The molecule has 1 fully saturated rings. The quantitative estimate of drug-likeness (QED) is 0.0546. The Balaban J connectivity index is 1.41. The van der Waals surface area contributed by atoms with Crippen molar-refractivity contribution in [2.75, 3.05) is 25.7 Å². The summed E-state index contributed by atoms with van der Waals surface area (Å²) in [5, 5.41) is 9.49. The van der Waals surface area contributed by atoms with Gasteiger partial charge in [-0.1, -0.05) is 11.6 Å². The fraction of sp³-hybridized carbons (Fsp3) is 0.306. The normalized spacial score (nSPS) is 17.3. The van der Waals surface area contributed by atoms with Gasteiger partial charge >= 0.3 is 0 Å². The number of nitrogens with zero attached hydrogens (tertiary/aromatic N) is 7. The number of hydrogen-bond acceptors (Lipinski definition) is 10. The summed E-state index contributed by atoms with van der Waals surface area (Å²) in [7, 11) is 2.89. The molecule has 0 spiro atoms. The van der Waals surface area contributed by atoms with Crippen molar-refractivity contribution >= 4 is 41.0 Å². The average molecular weight is 833 g/mol. The monoisotopic (exact) mass is 832 g/mol. The lowest BCUT2D eigenvalue weighted by Gasteiger charge is -2.25. The Bertz CT molecular complexity index is 2460. The number of methoxy groups -OCH3 is 1. The van der Waals surface area contributed by atoms with Crippen molar-refractivity contribution < 1.29 is 35.9 Å². The van der Waals surface area contributed by atoms with Gasteiger partial charge in [-0.15, -0.1) is 0 Å². The lowest BCUT2D eigenvalue weighted by Crippen LogP contribution is -2.38. The molecule has 57 heavy (non-hydrogen) atoms. The van der Waals surface area contributed by atoms with E-state index in [4.69, 9.17) is 27.1 Å². The Morgan fingerprint density at radius 3 is 2.51 bits per heavy atom. The van der Waals surface area contributed by atoms with Crippen LogP contribution >= 0.6 is 23.5 Å². The second kappa shape index (κ2) is 15.4. The molecule has 0 saturated heterocycles. The molecule has 2 aliphatic carbocycles. The maximum absolute atomic E-state index is 15.4. The lowest BCUT2D eigenvalue weighted by molar-refractivity contribution is -0.123. The fourth-order valence-corrected chi connectivity index (χ4v) is 7.73. The van der Waals surface area contributed by atoms with Crippen LogP contribution in [0.15, 0.2) is 58.0 Å². The van der Waals surface area contributed by atoms with Crippen molar-refractivity contribution in [1.82, 2.24) is 34.6 Å². The van der Waals surface area contributed by atoms with Crippen molar-refractivity contribution in [3.8, 4) is 23.0 Å². The summed E-state index contributed by atoms with van der Waals surface area (Å²) < 4.78 is 99.0. The fourth-order valence-electron chi connectivity index (χ4n) is 7.19. The molecule has 7 rings (SSSR count). The first-order chi connectivity index (χ1) is 27.2. The van der Waals surface area contributed by atoms with Gasteiger partial charge < -0.3 is 21.1 Å². The Labute approximate surface area is 328 Å². The van der Waals surface area contributed by atoms with Gasteiger partial charge in [0.25, 0.3) is 17.9 Å². The third-order valence-electron chi connectivity index (χ3n) is 9.58. The minimum atomic E-state index is -3.52. The van der Waals surface area contributed by atoms with Crippen LogP contribution < -0.4 is 26.7 Å². The maximum atomic E-state index is 15.4. The number of anilines is 1. The average Bonchev–Trinajstić information content (AvgIpc) is 3.82. The smallest absolute Gasteiger partial charge is 0.293 e. The molecular formula is C36H31ClF6N10O3S. The summed E-state index contributed by atoms with van der Waals surface area (Å²) in [4.78, 5) is 41.5. The number of fused-ring (bicyclic) bond motifs is 3. The predicted molar refractivity (Wildman–Crippen MR) is 199 cm³/mol. The number of hydrogen-bond donors (Lipinski definition) is 3. The number of rotatable bonds is 13. The highest BCUT2D eigenvalue weighted by atomic mass is 35.5. The van der Waals surface area contributed by atoms with E-state index in [0.717, 1.165) is 34.7 Å². The minimum Gasteiger partial charge on any atom is -0.480 e. The summed E-state index contributed by atoms with van der Waals surface area (Å²) in [5.41, 5.74) is 4.14. The number of ether oxygens (including phenoxy) is 1. The van der Waals surface area contributed by atoms with Gasteiger partial charge in [-0.3, -0.25) is 18.8 Å². The molecule has 3 heterocycles. The second-order valence-electron chi connectivity index (χ2n) is 13.1. The number of amides is 1. The highest BCUT2D eigenvalue weighted by Gasteiger charge is 2.67. The van der Waals surface area contributed by atoms with Gasteiger partial charge in [0.05, 0.1) is 53.2 Å². The Morgan fingerprint density at radius 1 is 1.14 bits per heavy atom. The molecule has 1 unspecified atom stereocenters. The number of nitrogens with two attached hydrogens (primary N) is 1. The molecule has 2 aliphatic rings. The molecule has 21 heteroatoms. The van der Waals surface area contributed by atoms with Crippen LogP contribution in [0.1, 0.15) is 58.7 Å². The first-order valence-corrected chi connectivity index (χ1v) is 18.6. The highest BCUT2D eigenvalue weighted by molar-refractivity contribution is 7.97. The molecular weight excluding hydrogens is 802 g/mol. The van der Waals surface area contributed by atoms with Gasteiger partial charge in [0, 0.05) is 43.3 Å². The zero-order valence-electron chi connectivity index (χ0n) is 30.0. The lowest BCUT2D eigenvalue weighted by atomic mass is 10.0. The highest BCUT2D eigenvalue weighted by Crippen LogP contribution is 2.68.